The molecule has 0 aliphatic carbocycles. The third-order valence-electron chi connectivity index (χ3n) is 3.28. The second-order valence-electron chi connectivity index (χ2n) is 5.03. The van der Waals surface area contributed by atoms with E-state index in [4.69, 9.17) is 5.73 Å². The van der Waals surface area contributed by atoms with Crippen LogP contribution in [-0.4, -0.2) is 31.1 Å². The van der Waals surface area contributed by atoms with E-state index in [1.807, 2.05) is 42.6 Å². The van der Waals surface area contributed by atoms with Gasteiger partial charge in [0.2, 0.25) is 11.9 Å². The Morgan fingerprint density at radius 2 is 2.08 bits per heavy atom. The number of carbonyl (C=O) groups excluding carboxylic acids is 1. The van der Waals surface area contributed by atoms with Gasteiger partial charge >= 0.3 is 0 Å². The first-order valence-electron chi connectivity index (χ1n) is 7.58. The van der Waals surface area contributed by atoms with E-state index in [1.165, 1.54) is 29.4 Å². The average Bonchev–Trinajstić information content (AvgIpc) is 3.09. The lowest BCUT2D eigenvalue weighted by Crippen LogP contribution is -2.24. The van der Waals surface area contributed by atoms with Crippen molar-refractivity contribution in [2.45, 2.75) is 23.8 Å². The van der Waals surface area contributed by atoms with Crippen molar-refractivity contribution < 1.29 is 4.79 Å². The fourth-order valence-corrected chi connectivity index (χ4v) is 3.62. The smallest absolute Gasteiger partial charge is 0.239 e. The van der Waals surface area contributed by atoms with Gasteiger partial charge in [0.15, 0.2) is 10.3 Å². The maximum absolute atomic E-state index is 12.5. The SMILES string of the molecule is CCC(Sc1ncnc(N)n1)C(=O)Nc1nc(-c2ccccc2)cs1. The summed E-state index contributed by atoms with van der Waals surface area (Å²) in [6.45, 7) is 1.93. The van der Waals surface area contributed by atoms with Gasteiger partial charge in [-0.15, -0.1) is 11.3 Å². The summed E-state index contributed by atoms with van der Waals surface area (Å²) < 4.78 is 0. The molecule has 2 heterocycles. The van der Waals surface area contributed by atoms with Gasteiger partial charge in [-0.05, 0) is 6.42 Å². The number of benzene rings is 1. The molecule has 3 rings (SSSR count). The van der Waals surface area contributed by atoms with Crippen molar-refractivity contribution in [3.63, 3.8) is 0 Å². The van der Waals surface area contributed by atoms with E-state index in [2.05, 4.69) is 25.3 Å². The molecule has 1 amide bonds. The van der Waals surface area contributed by atoms with Crippen LogP contribution in [-0.2, 0) is 4.79 Å². The summed E-state index contributed by atoms with van der Waals surface area (Å²) in [6.07, 6.45) is 1.96. The van der Waals surface area contributed by atoms with Crippen LogP contribution in [0.25, 0.3) is 11.3 Å². The molecule has 3 aromatic rings. The van der Waals surface area contributed by atoms with Gasteiger partial charge in [-0.2, -0.15) is 4.98 Å². The Balaban J connectivity index is 1.67. The molecule has 25 heavy (non-hydrogen) atoms. The Bertz CT molecular complexity index is 855. The highest BCUT2D eigenvalue weighted by Crippen LogP contribution is 2.27. The number of hydrogen-bond acceptors (Lipinski definition) is 8. The van der Waals surface area contributed by atoms with E-state index in [1.54, 1.807) is 0 Å². The van der Waals surface area contributed by atoms with Crippen LogP contribution in [0.4, 0.5) is 11.1 Å². The number of anilines is 2. The molecule has 7 nitrogen and oxygen atoms in total. The molecule has 1 unspecified atom stereocenters. The molecular weight excluding hydrogens is 356 g/mol. The van der Waals surface area contributed by atoms with Crippen molar-refractivity contribution in [2.75, 3.05) is 11.1 Å². The lowest BCUT2D eigenvalue weighted by molar-refractivity contribution is -0.115. The largest absolute Gasteiger partial charge is 0.368 e. The number of aromatic nitrogens is 4. The molecule has 128 valence electrons. The number of rotatable bonds is 6. The van der Waals surface area contributed by atoms with Gasteiger partial charge in [-0.1, -0.05) is 49.0 Å². The highest BCUT2D eigenvalue weighted by Gasteiger charge is 2.21. The van der Waals surface area contributed by atoms with Crippen LogP contribution in [0.3, 0.4) is 0 Å². The summed E-state index contributed by atoms with van der Waals surface area (Å²) in [7, 11) is 0. The Kier molecular flexibility index (Phi) is 5.56. The van der Waals surface area contributed by atoms with Crippen molar-refractivity contribution in [2.24, 2.45) is 0 Å². The van der Waals surface area contributed by atoms with Gasteiger partial charge in [0.1, 0.15) is 6.33 Å². The molecule has 0 fully saturated rings. The zero-order valence-electron chi connectivity index (χ0n) is 13.4. The lowest BCUT2D eigenvalue weighted by atomic mass is 10.2. The van der Waals surface area contributed by atoms with Gasteiger partial charge in [0.25, 0.3) is 0 Å². The maximum Gasteiger partial charge on any atom is 0.239 e. The zero-order valence-corrected chi connectivity index (χ0v) is 15.0. The second-order valence-corrected chi connectivity index (χ2v) is 7.06. The van der Waals surface area contributed by atoms with Gasteiger partial charge in [-0.25, -0.2) is 15.0 Å². The number of hydrogen-bond donors (Lipinski definition) is 2. The highest BCUT2D eigenvalue weighted by atomic mass is 32.2. The van der Waals surface area contributed by atoms with Crippen molar-refractivity contribution >= 4 is 40.1 Å². The number of amides is 1. The monoisotopic (exact) mass is 372 g/mol. The van der Waals surface area contributed by atoms with Crippen LogP contribution in [0, 0.1) is 0 Å². The van der Waals surface area contributed by atoms with Crippen molar-refractivity contribution in [1.29, 1.82) is 0 Å². The van der Waals surface area contributed by atoms with Crippen LogP contribution in [0.15, 0.2) is 47.2 Å². The van der Waals surface area contributed by atoms with E-state index < -0.39 is 0 Å². The van der Waals surface area contributed by atoms with Crippen LogP contribution < -0.4 is 11.1 Å². The van der Waals surface area contributed by atoms with E-state index >= 15 is 0 Å². The summed E-state index contributed by atoms with van der Waals surface area (Å²) in [5.41, 5.74) is 7.40. The van der Waals surface area contributed by atoms with Gasteiger partial charge in [0, 0.05) is 10.9 Å². The Morgan fingerprint density at radius 1 is 1.28 bits per heavy atom. The summed E-state index contributed by atoms with van der Waals surface area (Å²) in [6, 6.07) is 9.83. The zero-order chi connectivity index (χ0) is 17.6. The molecule has 3 N–H and O–H groups in total. The minimum absolute atomic E-state index is 0.138. The average molecular weight is 372 g/mol. The number of nitrogens with two attached hydrogens (primary N) is 1. The van der Waals surface area contributed by atoms with Crippen LogP contribution >= 0.6 is 23.1 Å². The fourth-order valence-electron chi connectivity index (χ4n) is 2.06. The Morgan fingerprint density at radius 3 is 2.80 bits per heavy atom. The van der Waals surface area contributed by atoms with E-state index in [0.29, 0.717) is 16.7 Å². The minimum Gasteiger partial charge on any atom is -0.368 e. The molecule has 1 atom stereocenters. The van der Waals surface area contributed by atoms with Crippen molar-refractivity contribution in [1.82, 2.24) is 19.9 Å². The normalized spacial score (nSPS) is 11.9. The van der Waals surface area contributed by atoms with Gasteiger partial charge < -0.3 is 11.1 Å². The molecule has 0 bridgehead atoms. The van der Waals surface area contributed by atoms with Crippen molar-refractivity contribution in [3.05, 3.63) is 42.0 Å². The van der Waals surface area contributed by atoms with Crippen LogP contribution in [0.5, 0.6) is 0 Å². The fraction of sp³-hybridized carbons (Fsp3) is 0.188. The highest BCUT2D eigenvalue weighted by molar-refractivity contribution is 8.00. The molecule has 0 aliphatic heterocycles. The molecular formula is C16H16N6OS2. The second kappa shape index (κ2) is 8.04. The van der Waals surface area contributed by atoms with Gasteiger partial charge in [-0.3, -0.25) is 4.79 Å². The minimum atomic E-state index is -0.342. The van der Waals surface area contributed by atoms with Gasteiger partial charge in [0.05, 0.1) is 10.9 Å². The Hall–Kier alpha value is -2.52. The summed E-state index contributed by atoms with van der Waals surface area (Å²) >= 11 is 2.65. The lowest BCUT2D eigenvalue weighted by Gasteiger charge is -2.12. The van der Waals surface area contributed by atoms with Crippen molar-refractivity contribution in [3.8, 4) is 11.3 Å². The summed E-state index contributed by atoms with van der Waals surface area (Å²) in [4.78, 5) is 28.8. The maximum atomic E-state index is 12.5. The van der Waals surface area contributed by atoms with E-state index in [9.17, 15) is 4.79 Å². The molecule has 0 radical (unpaired) electrons. The predicted molar refractivity (Wildman–Crippen MR) is 100 cm³/mol. The quantitative estimate of drug-likeness (QED) is 0.640. The summed E-state index contributed by atoms with van der Waals surface area (Å²) in [5, 5.41) is 5.44. The molecule has 1 aromatic carbocycles. The van der Waals surface area contributed by atoms with E-state index in [-0.39, 0.29) is 17.1 Å². The first-order chi connectivity index (χ1) is 12.2. The first kappa shape index (κ1) is 17.3. The standard InChI is InChI=1S/C16H16N6OS2/c1-2-12(25-15-19-9-18-14(17)22-15)13(23)21-16-20-11(8-24-16)10-6-4-3-5-7-10/h3-9,12H,2H2,1H3,(H,20,21,23)(H2,17,18,19,22). The first-order valence-corrected chi connectivity index (χ1v) is 9.34. The number of thioether (sulfide) groups is 1. The summed E-state index contributed by atoms with van der Waals surface area (Å²) in [5.74, 6) is 0.000586. The third-order valence-corrected chi connectivity index (χ3v) is 5.28. The van der Waals surface area contributed by atoms with E-state index in [0.717, 1.165) is 11.3 Å². The van der Waals surface area contributed by atoms with Crippen LogP contribution in [0.2, 0.25) is 0 Å². The topological polar surface area (TPSA) is 107 Å². The number of nitrogens with one attached hydrogen (secondary N) is 1. The number of thiazole rings is 1. The number of nitrogen functional groups attached to an aromatic ring is 1. The molecule has 2 aromatic heterocycles. The number of carbonyl (C=O) groups is 1. The number of nitrogens with zero attached hydrogens (tertiary/aromatic N) is 4. The molecule has 0 spiro atoms. The molecule has 0 aliphatic rings. The Labute approximate surface area is 153 Å². The molecule has 0 saturated carbocycles. The molecule has 9 heteroatoms. The molecule has 0 saturated heterocycles. The third kappa shape index (κ3) is 4.52. The predicted octanol–water partition coefficient (Wildman–Crippen LogP) is 3.09. The van der Waals surface area contributed by atoms with Crippen LogP contribution in [0.1, 0.15) is 13.3 Å².